The van der Waals surface area contributed by atoms with Crippen LogP contribution in [0.5, 0.6) is 5.75 Å². The molecular formula is C12H12Br2ClNO. The lowest BCUT2D eigenvalue weighted by Gasteiger charge is -2.33. The van der Waals surface area contributed by atoms with Crippen LogP contribution in [0.2, 0.25) is 0 Å². The van der Waals surface area contributed by atoms with Gasteiger partial charge in [-0.1, -0.05) is 41.4 Å². The minimum atomic E-state index is -0.527. The van der Waals surface area contributed by atoms with E-state index in [4.69, 9.17) is 16.3 Å². The maximum atomic E-state index is 6.26. The van der Waals surface area contributed by atoms with Crippen molar-refractivity contribution in [2.75, 3.05) is 0 Å². The molecule has 2 nitrogen and oxygen atoms in total. The molecule has 1 aromatic carbocycles. The van der Waals surface area contributed by atoms with Crippen LogP contribution in [0.3, 0.4) is 0 Å². The van der Waals surface area contributed by atoms with Crippen molar-refractivity contribution in [1.29, 1.82) is 0 Å². The summed E-state index contributed by atoms with van der Waals surface area (Å²) in [5.41, 5.74) is 0.297. The molecule has 1 aliphatic heterocycles. The highest BCUT2D eigenvalue weighted by Gasteiger charge is 2.34. The third-order valence-corrected chi connectivity index (χ3v) is 4.26. The van der Waals surface area contributed by atoms with E-state index in [1.54, 1.807) is 0 Å². The van der Waals surface area contributed by atoms with Crippen molar-refractivity contribution in [3.05, 3.63) is 26.6 Å². The number of ether oxygens (including phenoxy) is 1. The third kappa shape index (κ3) is 2.40. The first-order chi connectivity index (χ1) is 8.01. The predicted octanol–water partition coefficient (Wildman–Crippen LogP) is 5.11. The molecule has 2 rings (SSSR count). The molecular weight excluding hydrogens is 369 g/mol. The van der Waals surface area contributed by atoms with Gasteiger partial charge >= 0.3 is 0 Å². The number of aliphatic imine (C=N–C) groups is 1. The van der Waals surface area contributed by atoms with Gasteiger partial charge in [0.05, 0.1) is 10.0 Å². The summed E-state index contributed by atoms with van der Waals surface area (Å²) in [4.78, 5) is 4.49. The molecule has 1 heterocycles. The van der Waals surface area contributed by atoms with Gasteiger partial charge in [0.15, 0.2) is 0 Å². The summed E-state index contributed by atoms with van der Waals surface area (Å²) in [5.74, 6) is 0.775. The van der Waals surface area contributed by atoms with Crippen molar-refractivity contribution in [2.24, 2.45) is 4.99 Å². The molecule has 0 N–H and O–H groups in total. The van der Waals surface area contributed by atoms with Crippen LogP contribution in [0, 0.1) is 0 Å². The minimum absolute atomic E-state index is 0.511. The first-order valence-electron chi connectivity index (χ1n) is 5.45. The summed E-state index contributed by atoms with van der Waals surface area (Å²) in [5, 5.41) is 0.511. The molecule has 1 aromatic rings. The Morgan fingerprint density at radius 3 is 2.53 bits per heavy atom. The number of halogens is 3. The van der Waals surface area contributed by atoms with Crippen LogP contribution in [0.4, 0.5) is 0 Å². The van der Waals surface area contributed by atoms with Crippen LogP contribution in [-0.4, -0.2) is 10.9 Å². The number of rotatable bonds is 2. The second-order valence-corrected chi connectivity index (χ2v) is 6.05. The Labute approximate surface area is 123 Å². The summed E-state index contributed by atoms with van der Waals surface area (Å²) < 4.78 is 7.87. The first-order valence-corrected chi connectivity index (χ1v) is 7.41. The number of hydrogen-bond acceptors (Lipinski definition) is 2. The zero-order chi connectivity index (χ0) is 12.6. The van der Waals surface area contributed by atoms with Crippen molar-refractivity contribution < 1.29 is 4.74 Å². The van der Waals surface area contributed by atoms with Crippen LogP contribution in [0.15, 0.2) is 26.1 Å². The molecule has 0 atom stereocenters. The molecule has 0 saturated heterocycles. The Bertz CT molecular complexity index is 484. The fourth-order valence-electron chi connectivity index (χ4n) is 1.82. The van der Waals surface area contributed by atoms with Gasteiger partial charge in [0, 0.05) is 17.3 Å². The van der Waals surface area contributed by atoms with Crippen LogP contribution < -0.4 is 4.74 Å². The van der Waals surface area contributed by atoms with Gasteiger partial charge in [-0.2, -0.15) is 0 Å². The number of fused-ring (bicyclic) bond motifs is 1. The van der Waals surface area contributed by atoms with E-state index in [1.165, 1.54) is 0 Å². The second kappa shape index (κ2) is 4.90. The van der Waals surface area contributed by atoms with Gasteiger partial charge < -0.3 is 4.74 Å². The van der Waals surface area contributed by atoms with Gasteiger partial charge in [0.1, 0.15) is 10.9 Å². The third-order valence-electron chi connectivity index (χ3n) is 2.93. The lowest BCUT2D eigenvalue weighted by Crippen LogP contribution is -2.36. The zero-order valence-electron chi connectivity index (χ0n) is 9.56. The highest BCUT2D eigenvalue weighted by Crippen LogP contribution is 2.41. The topological polar surface area (TPSA) is 21.6 Å². The Kier molecular flexibility index (Phi) is 3.86. The smallest absolute Gasteiger partial charge is 0.201 e. The van der Waals surface area contributed by atoms with Crippen LogP contribution in [-0.2, 0) is 0 Å². The fourth-order valence-corrected chi connectivity index (χ4v) is 3.42. The van der Waals surface area contributed by atoms with Crippen LogP contribution in [0.25, 0.3) is 0 Å². The maximum absolute atomic E-state index is 6.26. The highest BCUT2D eigenvalue weighted by molar-refractivity contribution is 9.11. The van der Waals surface area contributed by atoms with Gasteiger partial charge in [-0.05, 0) is 28.1 Å². The Morgan fingerprint density at radius 2 is 1.94 bits per heavy atom. The normalized spacial score (nSPS) is 17.1. The standard InChI is InChI=1S/C12H12Br2ClNO/c1-3-12(4-2)16-11(15)8-5-7(13)6-9(14)10(8)17-12/h5-6H,3-4H2,1-2H3. The maximum Gasteiger partial charge on any atom is 0.201 e. The monoisotopic (exact) mass is 379 g/mol. The van der Waals surface area contributed by atoms with Gasteiger partial charge in [-0.3, -0.25) is 0 Å². The van der Waals surface area contributed by atoms with Crippen molar-refractivity contribution in [3.8, 4) is 5.75 Å². The number of benzene rings is 1. The van der Waals surface area contributed by atoms with E-state index in [-0.39, 0.29) is 0 Å². The molecule has 0 radical (unpaired) electrons. The molecule has 0 amide bonds. The number of nitrogens with zero attached hydrogens (tertiary/aromatic N) is 1. The molecule has 0 aromatic heterocycles. The highest BCUT2D eigenvalue weighted by atomic mass is 79.9. The van der Waals surface area contributed by atoms with Gasteiger partial charge in [-0.25, -0.2) is 4.99 Å². The average molecular weight is 381 g/mol. The molecule has 92 valence electrons. The van der Waals surface area contributed by atoms with Crippen molar-refractivity contribution in [3.63, 3.8) is 0 Å². The van der Waals surface area contributed by atoms with Crippen LogP contribution in [0.1, 0.15) is 32.3 Å². The van der Waals surface area contributed by atoms with E-state index < -0.39 is 5.72 Å². The first kappa shape index (κ1) is 13.4. The van der Waals surface area contributed by atoms with Gasteiger partial charge in [0.2, 0.25) is 5.72 Å². The molecule has 0 bridgehead atoms. The average Bonchev–Trinajstić information content (AvgIpc) is 2.30. The molecule has 0 aliphatic carbocycles. The quantitative estimate of drug-likeness (QED) is 0.698. The summed E-state index contributed by atoms with van der Waals surface area (Å²) in [7, 11) is 0. The van der Waals surface area contributed by atoms with E-state index in [1.807, 2.05) is 12.1 Å². The van der Waals surface area contributed by atoms with Gasteiger partial charge in [0.25, 0.3) is 0 Å². The largest absolute Gasteiger partial charge is 0.464 e. The van der Waals surface area contributed by atoms with Crippen molar-refractivity contribution >= 4 is 48.6 Å². The van der Waals surface area contributed by atoms with Crippen molar-refractivity contribution in [2.45, 2.75) is 32.4 Å². The summed E-state index contributed by atoms with van der Waals surface area (Å²) in [6.45, 7) is 4.10. The molecule has 17 heavy (non-hydrogen) atoms. The molecule has 0 saturated carbocycles. The fraction of sp³-hybridized carbons (Fsp3) is 0.417. The molecule has 0 spiro atoms. The second-order valence-electron chi connectivity index (χ2n) is 3.92. The summed E-state index contributed by atoms with van der Waals surface area (Å²) in [6.07, 6.45) is 1.59. The summed E-state index contributed by atoms with van der Waals surface area (Å²) in [6, 6.07) is 3.87. The number of hydrogen-bond donors (Lipinski definition) is 0. The van der Waals surface area contributed by atoms with E-state index in [9.17, 15) is 0 Å². The van der Waals surface area contributed by atoms with Crippen LogP contribution >= 0.6 is 43.5 Å². The Morgan fingerprint density at radius 1 is 1.29 bits per heavy atom. The summed E-state index contributed by atoms with van der Waals surface area (Å²) >= 11 is 13.2. The molecule has 0 unspecified atom stereocenters. The Hall–Kier alpha value is -0.0600. The lowest BCUT2D eigenvalue weighted by molar-refractivity contribution is 0.0654. The lowest BCUT2D eigenvalue weighted by atomic mass is 10.1. The molecule has 0 fully saturated rings. The van der Waals surface area contributed by atoms with E-state index in [0.29, 0.717) is 5.17 Å². The Balaban J connectivity index is 2.59. The molecule has 1 aliphatic rings. The van der Waals surface area contributed by atoms with E-state index in [2.05, 4.69) is 50.7 Å². The van der Waals surface area contributed by atoms with E-state index >= 15 is 0 Å². The van der Waals surface area contributed by atoms with Crippen molar-refractivity contribution in [1.82, 2.24) is 0 Å². The SMILES string of the molecule is CCC1(CC)N=C(Cl)c2cc(Br)cc(Br)c2O1. The zero-order valence-corrected chi connectivity index (χ0v) is 13.5. The minimum Gasteiger partial charge on any atom is -0.464 e. The predicted molar refractivity (Wildman–Crippen MR) is 78.2 cm³/mol. The van der Waals surface area contributed by atoms with Gasteiger partial charge in [-0.15, -0.1) is 0 Å². The molecule has 5 heteroatoms. The van der Waals surface area contributed by atoms with E-state index in [0.717, 1.165) is 33.1 Å².